The fourth-order valence-electron chi connectivity index (χ4n) is 4.15. The standard InChI is InChI=1S/C29H25F2N5O/c30-23-9-10-25(31)24(15-23)27-28(33-17-19-5-2-1-3-6-19)36-12-11-22(14-26(36)35-27)29(37)34-18-21-8-4-7-20(13-21)16-32/h1-15,33H,16-18,32H2,(H,34,37). The highest BCUT2D eigenvalue weighted by atomic mass is 19.1. The maximum absolute atomic E-state index is 14.7. The van der Waals surface area contributed by atoms with Crippen LogP contribution in [0.4, 0.5) is 14.6 Å². The Morgan fingerprint density at radius 1 is 0.865 bits per heavy atom. The fraction of sp³-hybridized carbons (Fsp3) is 0.103. The van der Waals surface area contributed by atoms with E-state index in [0.717, 1.165) is 34.9 Å². The number of fused-ring (bicyclic) bond motifs is 1. The molecular weight excluding hydrogens is 472 g/mol. The molecule has 0 saturated carbocycles. The molecule has 0 atom stereocenters. The maximum atomic E-state index is 14.7. The lowest BCUT2D eigenvalue weighted by Crippen LogP contribution is -2.23. The van der Waals surface area contributed by atoms with Gasteiger partial charge in [0, 0.05) is 37.0 Å². The molecule has 0 bridgehead atoms. The molecule has 0 fully saturated rings. The first kappa shape index (κ1) is 24.1. The largest absolute Gasteiger partial charge is 0.365 e. The lowest BCUT2D eigenvalue weighted by molar-refractivity contribution is 0.0951. The van der Waals surface area contributed by atoms with Gasteiger partial charge in [-0.05, 0) is 47.0 Å². The van der Waals surface area contributed by atoms with Crippen molar-refractivity contribution in [1.82, 2.24) is 14.7 Å². The number of nitrogens with one attached hydrogen (secondary N) is 2. The van der Waals surface area contributed by atoms with Crippen molar-refractivity contribution < 1.29 is 13.6 Å². The summed E-state index contributed by atoms with van der Waals surface area (Å²) in [4.78, 5) is 17.5. The minimum atomic E-state index is -0.592. The minimum Gasteiger partial charge on any atom is -0.365 e. The average Bonchev–Trinajstić information content (AvgIpc) is 3.30. The first-order valence-corrected chi connectivity index (χ1v) is 11.8. The molecule has 4 N–H and O–H groups in total. The number of benzene rings is 3. The summed E-state index contributed by atoms with van der Waals surface area (Å²) in [6.45, 7) is 1.21. The summed E-state index contributed by atoms with van der Waals surface area (Å²) >= 11 is 0. The van der Waals surface area contributed by atoms with Gasteiger partial charge in [-0.1, -0.05) is 54.6 Å². The van der Waals surface area contributed by atoms with Gasteiger partial charge in [0.1, 0.15) is 28.8 Å². The molecule has 0 saturated heterocycles. The molecular formula is C29H25F2N5O. The number of nitrogens with two attached hydrogens (primary N) is 1. The van der Waals surface area contributed by atoms with Crippen molar-refractivity contribution >= 4 is 17.4 Å². The van der Waals surface area contributed by atoms with E-state index in [9.17, 15) is 13.6 Å². The topological polar surface area (TPSA) is 84.5 Å². The number of hydrogen-bond acceptors (Lipinski definition) is 4. The molecule has 1 amide bonds. The molecule has 5 rings (SSSR count). The van der Waals surface area contributed by atoms with E-state index in [4.69, 9.17) is 5.73 Å². The van der Waals surface area contributed by atoms with Crippen molar-refractivity contribution in [2.24, 2.45) is 5.73 Å². The molecule has 37 heavy (non-hydrogen) atoms. The van der Waals surface area contributed by atoms with Gasteiger partial charge in [0.15, 0.2) is 0 Å². The molecule has 2 aromatic heterocycles. The molecule has 0 aliphatic heterocycles. The van der Waals surface area contributed by atoms with Crippen molar-refractivity contribution in [2.45, 2.75) is 19.6 Å². The number of carbonyl (C=O) groups excluding carboxylic acids is 1. The summed E-state index contributed by atoms with van der Waals surface area (Å²) in [7, 11) is 0. The summed E-state index contributed by atoms with van der Waals surface area (Å²) < 4.78 is 30.5. The van der Waals surface area contributed by atoms with Crippen molar-refractivity contribution in [3.63, 3.8) is 0 Å². The van der Waals surface area contributed by atoms with E-state index in [0.29, 0.717) is 36.7 Å². The second kappa shape index (κ2) is 10.6. The third-order valence-corrected chi connectivity index (χ3v) is 6.05. The van der Waals surface area contributed by atoms with Gasteiger partial charge < -0.3 is 16.4 Å². The van der Waals surface area contributed by atoms with Crippen LogP contribution in [0.15, 0.2) is 91.1 Å². The van der Waals surface area contributed by atoms with Crippen molar-refractivity contribution in [1.29, 1.82) is 0 Å². The van der Waals surface area contributed by atoms with Gasteiger partial charge in [0.25, 0.3) is 5.91 Å². The number of pyridine rings is 1. The fourth-order valence-corrected chi connectivity index (χ4v) is 4.15. The molecule has 186 valence electrons. The Bertz CT molecular complexity index is 1570. The Hall–Kier alpha value is -4.56. The molecule has 0 aliphatic rings. The lowest BCUT2D eigenvalue weighted by Gasteiger charge is -2.10. The zero-order valence-electron chi connectivity index (χ0n) is 19.9. The molecule has 3 aromatic carbocycles. The van der Waals surface area contributed by atoms with Gasteiger partial charge in [-0.2, -0.15) is 0 Å². The van der Waals surface area contributed by atoms with E-state index in [1.165, 1.54) is 0 Å². The Morgan fingerprint density at radius 2 is 1.65 bits per heavy atom. The van der Waals surface area contributed by atoms with Gasteiger partial charge in [-0.3, -0.25) is 9.20 Å². The number of imidazole rings is 1. The summed E-state index contributed by atoms with van der Waals surface area (Å²) in [5.74, 6) is -0.943. The molecule has 0 radical (unpaired) electrons. The van der Waals surface area contributed by atoms with E-state index >= 15 is 0 Å². The maximum Gasteiger partial charge on any atom is 0.251 e. The van der Waals surface area contributed by atoms with Crippen LogP contribution in [-0.4, -0.2) is 15.3 Å². The zero-order chi connectivity index (χ0) is 25.8. The van der Waals surface area contributed by atoms with Crippen molar-refractivity contribution in [2.75, 3.05) is 5.32 Å². The highest BCUT2D eigenvalue weighted by Gasteiger charge is 2.19. The third kappa shape index (κ3) is 5.34. The molecule has 2 heterocycles. The molecule has 0 aliphatic carbocycles. The normalized spacial score (nSPS) is 11.0. The summed E-state index contributed by atoms with van der Waals surface area (Å²) in [5.41, 5.74) is 9.74. The third-order valence-electron chi connectivity index (χ3n) is 6.05. The van der Waals surface area contributed by atoms with Crippen molar-refractivity contribution in [3.8, 4) is 11.3 Å². The second-order valence-corrected chi connectivity index (χ2v) is 8.62. The van der Waals surface area contributed by atoms with E-state index < -0.39 is 11.6 Å². The molecule has 8 heteroatoms. The molecule has 6 nitrogen and oxygen atoms in total. The Balaban J connectivity index is 1.47. The summed E-state index contributed by atoms with van der Waals surface area (Å²) in [5, 5.41) is 6.21. The van der Waals surface area contributed by atoms with Crippen molar-refractivity contribution in [3.05, 3.63) is 125 Å². The van der Waals surface area contributed by atoms with Gasteiger partial charge in [0.2, 0.25) is 0 Å². The highest BCUT2D eigenvalue weighted by molar-refractivity contribution is 5.95. The molecule has 0 spiro atoms. The number of anilines is 1. The minimum absolute atomic E-state index is 0.0325. The van der Waals surface area contributed by atoms with Crippen LogP contribution in [-0.2, 0) is 19.6 Å². The first-order valence-electron chi connectivity index (χ1n) is 11.8. The van der Waals surface area contributed by atoms with E-state index in [1.54, 1.807) is 22.7 Å². The lowest BCUT2D eigenvalue weighted by atomic mass is 10.1. The van der Waals surface area contributed by atoms with Crippen LogP contribution < -0.4 is 16.4 Å². The number of rotatable bonds is 8. The molecule has 5 aromatic rings. The number of carbonyl (C=O) groups is 1. The van der Waals surface area contributed by atoms with Crippen LogP contribution in [0, 0.1) is 11.6 Å². The Morgan fingerprint density at radius 3 is 2.46 bits per heavy atom. The quantitative estimate of drug-likeness (QED) is 0.272. The smallest absolute Gasteiger partial charge is 0.251 e. The highest BCUT2D eigenvalue weighted by Crippen LogP contribution is 2.32. The monoisotopic (exact) mass is 497 g/mol. The number of hydrogen-bond donors (Lipinski definition) is 3. The van der Waals surface area contributed by atoms with Crippen LogP contribution >= 0.6 is 0 Å². The molecule has 0 unspecified atom stereocenters. The predicted molar refractivity (Wildman–Crippen MR) is 140 cm³/mol. The van der Waals surface area contributed by atoms with Gasteiger partial charge >= 0.3 is 0 Å². The number of nitrogens with zero attached hydrogens (tertiary/aromatic N) is 2. The van der Waals surface area contributed by atoms with Crippen LogP contribution in [0.2, 0.25) is 0 Å². The Labute approximate surface area is 212 Å². The summed E-state index contributed by atoms with van der Waals surface area (Å²) in [6, 6.07) is 24.0. The van der Waals surface area contributed by atoms with Crippen LogP contribution in [0.3, 0.4) is 0 Å². The van der Waals surface area contributed by atoms with Gasteiger partial charge in [-0.25, -0.2) is 13.8 Å². The number of amides is 1. The number of halogens is 2. The van der Waals surface area contributed by atoms with E-state index in [-0.39, 0.29) is 17.2 Å². The average molecular weight is 498 g/mol. The number of aromatic nitrogens is 2. The predicted octanol–water partition coefficient (Wildman–Crippen LogP) is 5.28. The van der Waals surface area contributed by atoms with Gasteiger partial charge in [-0.15, -0.1) is 0 Å². The van der Waals surface area contributed by atoms with Crippen LogP contribution in [0.1, 0.15) is 27.0 Å². The first-order chi connectivity index (χ1) is 18.0. The van der Waals surface area contributed by atoms with E-state index in [2.05, 4.69) is 15.6 Å². The van der Waals surface area contributed by atoms with Crippen LogP contribution in [0.5, 0.6) is 0 Å². The SMILES string of the molecule is NCc1cccc(CNC(=O)c2ccn3c(NCc4ccccc4)c(-c4cc(F)ccc4F)nc3c2)c1. The second-order valence-electron chi connectivity index (χ2n) is 8.62. The zero-order valence-corrected chi connectivity index (χ0v) is 19.9. The van der Waals surface area contributed by atoms with Crippen LogP contribution in [0.25, 0.3) is 16.9 Å². The Kier molecular flexibility index (Phi) is 6.91. The van der Waals surface area contributed by atoms with E-state index in [1.807, 2.05) is 54.6 Å². The van der Waals surface area contributed by atoms with Gasteiger partial charge in [0.05, 0.1) is 0 Å². The summed E-state index contributed by atoms with van der Waals surface area (Å²) in [6.07, 6.45) is 1.69.